The van der Waals surface area contributed by atoms with Crippen molar-refractivity contribution in [3.05, 3.63) is 57.2 Å². The monoisotopic (exact) mass is 321 g/mol. The van der Waals surface area contributed by atoms with Crippen LogP contribution in [-0.4, -0.2) is 17.8 Å². The predicted molar refractivity (Wildman–Crippen MR) is 65.7 cm³/mol. The van der Waals surface area contributed by atoms with Crippen molar-refractivity contribution in [2.75, 3.05) is 7.11 Å². The fourth-order valence-corrected chi connectivity index (χ4v) is 1.99. The quantitative estimate of drug-likeness (QED) is 0.366. The van der Waals surface area contributed by atoms with E-state index in [1.807, 2.05) is 0 Å². The maximum Gasteiger partial charge on any atom is 0.417 e. The maximum absolute atomic E-state index is 14.0. The largest absolute Gasteiger partial charge is 0.497 e. The Balaban J connectivity index is 2.72. The molecule has 0 aliphatic heterocycles. The van der Waals surface area contributed by atoms with Crippen LogP contribution >= 0.6 is 0 Å². The summed E-state index contributed by atoms with van der Waals surface area (Å²) in [5, 5.41) is 10.6. The fraction of sp³-hybridized carbons (Fsp3) is 0.231. The van der Waals surface area contributed by atoms with Crippen molar-refractivity contribution in [2.24, 2.45) is 0 Å². The van der Waals surface area contributed by atoms with Crippen molar-refractivity contribution in [3.8, 4) is 5.75 Å². The smallest absolute Gasteiger partial charge is 0.417 e. The van der Waals surface area contributed by atoms with Crippen LogP contribution in [0.5, 0.6) is 5.75 Å². The van der Waals surface area contributed by atoms with Crippen LogP contribution in [0.2, 0.25) is 0 Å². The molecule has 0 heterocycles. The highest BCUT2D eigenvalue weighted by atomic mass is 19.2. The number of benzene rings is 1. The number of allylic oxidation sites excluding steroid dienone is 2. The number of methoxy groups -OCH3 is 1. The van der Waals surface area contributed by atoms with E-state index in [9.17, 15) is 32.1 Å². The number of alkyl halides is 1. The second-order valence-electron chi connectivity index (χ2n) is 4.45. The molecule has 0 fully saturated rings. The van der Waals surface area contributed by atoms with Gasteiger partial charge in [-0.3, -0.25) is 10.1 Å². The number of hydrogen-bond acceptors (Lipinski definition) is 3. The van der Waals surface area contributed by atoms with Crippen LogP contribution in [0.15, 0.2) is 35.7 Å². The summed E-state index contributed by atoms with van der Waals surface area (Å²) < 4.78 is 73.8. The van der Waals surface area contributed by atoms with Gasteiger partial charge in [-0.1, -0.05) is 0 Å². The van der Waals surface area contributed by atoms with Gasteiger partial charge < -0.3 is 4.74 Å². The van der Waals surface area contributed by atoms with Gasteiger partial charge in [0.2, 0.25) is 5.83 Å². The van der Waals surface area contributed by atoms with E-state index in [4.69, 9.17) is 0 Å². The van der Waals surface area contributed by atoms with Crippen LogP contribution in [0.4, 0.5) is 22.0 Å². The summed E-state index contributed by atoms with van der Waals surface area (Å²) in [6.45, 7) is 0. The van der Waals surface area contributed by atoms with E-state index in [0.29, 0.717) is 0 Å². The first-order valence-corrected chi connectivity index (χ1v) is 5.84. The number of nitrogens with zero attached hydrogens (tertiary/aromatic N) is 1. The molecule has 0 saturated heterocycles. The normalized spacial score (nSPS) is 22.1. The van der Waals surface area contributed by atoms with Crippen LogP contribution in [0, 0.1) is 15.9 Å². The Morgan fingerprint density at radius 1 is 1.27 bits per heavy atom. The molecule has 0 bridgehead atoms. The summed E-state index contributed by atoms with van der Waals surface area (Å²) in [5.41, 5.74) is -2.31. The van der Waals surface area contributed by atoms with Gasteiger partial charge in [-0.2, -0.15) is 8.78 Å². The molecule has 0 amide bonds. The molecule has 0 spiro atoms. The molecule has 0 aromatic heterocycles. The first-order chi connectivity index (χ1) is 10.2. The van der Waals surface area contributed by atoms with E-state index >= 15 is 0 Å². The van der Waals surface area contributed by atoms with Crippen LogP contribution in [-0.2, 0) is 0 Å². The average Bonchev–Trinajstić information content (AvgIpc) is 2.46. The highest BCUT2D eigenvalue weighted by molar-refractivity contribution is 5.81. The predicted octanol–water partition coefficient (Wildman–Crippen LogP) is 4.01. The Kier molecular flexibility index (Phi) is 3.90. The first kappa shape index (κ1) is 15.9. The van der Waals surface area contributed by atoms with E-state index in [-0.39, 0.29) is 5.75 Å². The molecule has 1 aromatic rings. The molecule has 0 radical (unpaired) electrons. The molecular formula is C13H8F5NO3. The SMILES string of the molecule is COc1ccc(C2=C(F)C(F)([N+](=O)[O-])CC(F)=C2F)c(F)c1. The van der Waals surface area contributed by atoms with Crippen LogP contribution in [0.3, 0.4) is 0 Å². The molecule has 2 rings (SSSR count). The Hall–Kier alpha value is -2.45. The van der Waals surface area contributed by atoms with E-state index in [1.165, 1.54) is 7.11 Å². The van der Waals surface area contributed by atoms with Crippen molar-refractivity contribution in [2.45, 2.75) is 12.2 Å². The molecule has 1 aliphatic carbocycles. The van der Waals surface area contributed by atoms with Crippen molar-refractivity contribution in [3.63, 3.8) is 0 Å². The fourth-order valence-electron chi connectivity index (χ4n) is 1.99. The van der Waals surface area contributed by atoms with Crippen molar-refractivity contribution < 1.29 is 31.6 Å². The van der Waals surface area contributed by atoms with Gasteiger partial charge in [-0.05, 0) is 12.1 Å². The van der Waals surface area contributed by atoms with E-state index in [0.717, 1.165) is 18.2 Å². The van der Waals surface area contributed by atoms with Gasteiger partial charge >= 0.3 is 5.79 Å². The van der Waals surface area contributed by atoms with E-state index in [2.05, 4.69) is 4.74 Å². The second-order valence-corrected chi connectivity index (χ2v) is 4.45. The third-order valence-corrected chi connectivity index (χ3v) is 3.14. The minimum atomic E-state index is -3.98. The van der Waals surface area contributed by atoms with Gasteiger partial charge in [0.05, 0.1) is 17.6 Å². The summed E-state index contributed by atoms with van der Waals surface area (Å²) in [7, 11) is 1.20. The third kappa shape index (κ3) is 2.32. The van der Waals surface area contributed by atoms with Crippen LogP contribution in [0.25, 0.3) is 5.57 Å². The van der Waals surface area contributed by atoms with Crippen molar-refractivity contribution in [1.29, 1.82) is 0 Å². The Morgan fingerprint density at radius 3 is 2.41 bits per heavy atom. The van der Waals surface area contributed by atoms with E-state index in [1.54, 1.807) is 0 Å². The molecule has 9 heteroatoms. The molecule has 1 atom stereocenters. The molecular weight excluding hydrogens is 313 g/mol. The van der Waals surface area contributed by atoms with Gasteiger partial charge in [-0.15, -0.1) is 0 Å². The highest BCUT2D eigenvalue weighted by Crippen LogP contribution is 2.46. The van der Waals surface area contributed by atoms with Gasteiger partial charge in [0.15, 0.2) is 5.83 Å². The summed E-state index contributed by atoms with van der Waals surface area (Å²) in [4.78, 5) is 8.91. The minimum absolute atomic E-state index is 0.0104. The summed E-state index contributed by atoms with van der Waals surface area (Å²) in [6, 6.07) is 2.62. The summed E-state index contributed by atoms with van der Waals surface area (Å²) in [6.07, 6.45) is -1.74. The second kappa shape index (κ2) is 5.39. The zero-order chi connectivity index (χ0) is 16.7. The molecule has 0 N–H and O–H groups in total. The summed E-state index contributed by atoms with van der Waals surface area (Å²) in [5.74, 6) is -11.2. The zero-order valence-corrected chi connectivity index (χ0v) is 11.0. The standard InChI is InChI=1S/C13H8F5NO3/c1-22-6-2-3-7(8(14)4-6)10-11(16)9(15)5-13(18,12(10)17)19(20)21/h2-4H,5H2,1H3. The van der Waals surface area contributed by atoms with Gasteiger partial charge in [0, 0.05) is 11.6 Å². The summed E-state index contributed by atoms with van der Waals surface area (Å²) >= 11 is 0. The van der Waals surface area contributed by atoms with Gasteiger partial charge in [0.1, 0.15) is 23.8 Å². The topological polar surface area (TPSA) is 52.4 Å². The Labute approximate surface area is 120 Å². The van der Waals surface area contributed by atoms with E-state index < -0.39 is 51.6 Å². The van der Waals surface area contributed by atoms with Crippen molar-refractivity contribution >= 4 is 5.57 Å². The average molecular weight is 321 g/mol. The number of rotatable bonds is 3. The Morgan fingerprint density at radius 2 is 1.91 bits per heavy atom. The van der Waals surface area contributed by atoms with Crippen LogP contribution < -0.4 is 4.74 Å². The number of ether oxygens (including phenoxy) is 1. The third-order valence-electron chi connectivity index (χ3n) is 3.14. The molecule has 1 unspecified atom stereocenters. The Bertz CT molecular complexity index is 716. The number of hydrogen-bond donors (Lipinski definition) is 0. The lowest BCUT2D eigenvalue weighted by atomic mass is 9.92. The zero-order valence-electron chi connectivity index (χ0n) is 11.0. The minimum Gasteiger partial charge on any atom is -0.497 e. The molecule has 1 aliphatic rings. The van der Waals surface area contributed by atoms with Crippen LogP contribution in [0.1, 0.15) is 12.0 Å². The van der Waals surface area contributed by atoms with Gasteiger partial charge in [-0.25, -0.2) is 13.2 Å². The van der Waals surface area contributed by atoms with Crippen molar-refractivity contribution in [1.82, 2.24) is 0 Å². The van der Waals surface area contributed by atoms with Gasteiger partial charge in [0.25, 0.3) is 0 Å². The maximum atomic E-state index is 14.0. The highest BCUT2D eigenvalue weighted by Gasteiger charge is 2.55. The molecule has 1 aromatic carbocycles. The molecule has 22 heavy (non-hydrogen) atoms. The molecule has 4 nitrogen and oxygen atoms in total. The first-order valence-electron chi connectivity index (χ1n) is 5.84. The lowest BCUT2D eigenvalue weighted by Crippen LogP contribution is -2.37. The number of nitro groups is 1. The molecule has 0 saturated carbocycles. The number of halogens is 5. The lowest BCUT2D eigenvalue weighted by molar-refractivity contribution is -0.596. The lowest BCUT2D eigenvalue weighted by Gasteiger charge is -2.22. The molecule has 118 valence electrons.